The maximum absolute atomic E-state index is 11.4. The molecule has 0 rings (SSSR count). The normalized spacial score (nSPS) is 14.8. The van der Waals surface area contributed by atoms with Crippen molar-refractivity contribution in [1.82, 2.24) is 0 Å². The maximum Gasteiger partial charge on any atom is 0.133 e. The highest BCUT2D eigenvalue weighted by molar-refractivity contribution is 5.78. The van der Waals surface area contributed by atoms with E-state index in [2.05, 4.69) is 13.5 Å². The molecule has 0 bridgehead atoms. The van der Waals surface area contributed by atoms with E-state index in [-0.39, 0.29) is 6.10 Å². The van der Waals surface area contributed by atoms with Crippen molar-refractivity contribution in [3.05, 3.63) is 12.7 Å². The average molecular weight is 198 g/mol. The molecule has 0 amide bonds. The van der Waals surface area contributed by atoms with E-state index in [1.54, 1.807) is 6.92 Å². The lowest BCUT2D eigenvalue weighted by Crippen LogP contribution is -2.06. The van der Waals surface area contributed by atoms with Gasteiger partial charge in [-0.15, -0.1) is 6.58 Å². The van der Waals surface area contributed by atoms with Gasteiger partial charge in [0.2, 0.25) is 0 Å². The van der Waals surface area contributed by atoms with Gasteiger partial charge in [0.1, 0.15) is 5.78 Å². The highest BCUT2D eigenvalue weighted by atomic mass is 16.3. The summed E-state index contributed by atoms with van der Waals surface area (Å²) in [7, 11) is 0. The molecule has 1 N–H and O–H groups in total. The molecule has 14 heavy (non-hydrogen) atoms. The minimum Gasteiger partial charge on any atom is -0.393 e. The molecule has 0 saturated heterocycles. The standard InChI is InChI=1S/C12H22O2/c1-4-6-10(2)9-12(14)8-5-7-11(3)13/h4,10-11,13H,1,5-9H2,2-3H3/t10-,11-/m1/s1. The highest BCUT2D eigenvalue weighted by Gasteiger charge is 2.08. The smallest absolute Gasteiger partial charge is 0.133 e. The highest BCUT2D eigenvalue weighted by Crippen LogP contribution is 2.11. The van der Waals surface area contributed by atoms with Crippen molar-refractivity contribution in [3.63, 3.8) is 0 Å². The van der Waals surface area contributed by atoms with Gasteiger partial charge in [-0.25, -0.2) is 0 Å². The zero-order valence-corrected chi connectivity index (χ0v) is 9.33. The maximum atomic E-state index is 11.4. The number of aliphatic hydroxyl groups excluding tert-OH is 1. The Balaban J connectivity index is 3.49. The van der Waals surface area contributed by atoms with E-state index < -0.39 is 0 Å². The molecular formula is C12H22O2. The number of allylic oxidation sites excluding steroid dienone is 1. The Morgan fingerprint density at radius 3 is 2.64 bits per heavy atom. The molecule has 0 aromatic heterocycles. The number of aliphatic hydroxyl groups is 1. The fraction of sp³-hybridized carbons (Fsp3) is 0.750. The van der Waals surface area contributed by atoms with Gasteiger partial charge in [0.05, 0.1) is 6.10 Å². The minimum atomic E-state index is -0.284. The Bertz CT molecular complexity index is 173. The number of rotatable bonds is 8. The second kappa shape index (κ2) is 7.74. The summed E-state index contributed by atoms with van der Waals surface area (Å²) in [5, 5.41) is 9.01. The monoisotopic (exact) mass is 198 g/mol. The van der Waals surface area contributed by atoms with Gasteiger partial charge in [-0.1, -0.05) is 13.0 Å². The average Bonchev–Trinajstić information content (AvgIpc) is 2.03. The van der Waals surface area contributed by atoms with Gasteiger partial charge in [0.25, 0.3) is 0 Å². The van der Waals surface area contributed by atoms with Crippen LogP contribution in [-0.2, 0) is 4.79 Å². The van der Waals surface area contributed by atoms with Gasteiger partial charge in [0.15, 0.2) is 0 Å². The van der Waals surface area contributed by atoms with Crippen molar-refractivity contribution in [1.29, 1.82) is 0 Å². The first-order valence-corrected chi connectivity index (χ1v) is 5.37. The van der Waals surface area contributed by atoms with Crippen LogP contribution in [0.1, 0.15) is 46.0 Å². The summed E-state index contributed by atoms with van der Waals surface area (Å²) in [5.74, 6) is 0.714. The van der Waals surface area contributed by atoms with Crippen LogP contribution in [0.25, 0.3) is 0 Å². The molecule has 0 spiro atoms. The molecule has 0 radical (unpaired) electrons. The summed E-state index contributed by atoms with van der Waals surface area (Å²) in [6.07, 6.45) is 5.25. The number of carbonyl (C=O) groups excluding carboxylic acids is 1. The van der Waals surface area contributed by atoms with E-state index in [9.17, 15) is 4.79 Å². The van der Waals surface area contributed by atoms with Crippen LogP contribution in [-0.4, -0.2) is 17.0 Å². The Kier molecular flexibility index (Phi) is 7.40. The number of carbonyl (C=O) groups is 1. The molecule has 0 unspecified atom stereocenters. The van der Waals surface area contributed by atoms with Crippen LogP contribution in [0.4, 0.5) is 0 Å². The van der Waals surface area contributed by atoms with E-state index in [1.165, 1.54) is 0 Å². The van der Waals surface area contributed by atoms with Crippen LogP contribution in [0.3, 0.4) is 0 Å². The van der Waals surface area contributed by atoms with Gasteiger partial charge in [-0.3, -0.25) is 4.79 Å². The molecule has 0 aliphatic heterocycles. The van der Waals surface area contributed by atoms with Gasteiger partial charge in [-0.2, -0.15) is 0 Å². The van der Waals surface area contributed by atoms with Crippen LogP contribution in [0.5, 0.6) is 0 Å². The Hall–Kier alpha value is -0.630. The lowest BCUT2D eigenvalue weighted by molar-refractivity contribution is -0.120. The first-order valence-electron chi connectivity index (χ1n) is 5.37. The van der Waals surface area contributed by atoms with Crippen molar-refractivity contribution in [2.75, 3.05) is 0 Å². The molecule has 2 atom stereocenters. The second-order valence-corrected chi connectivity index (χ2v) is 4.11. The summed E-state index contributed by atoms with van der Waals surface area (Å²) < 4.78 is 0. The van der Waals surface area contributed by atoms with E-state index in [4.69, 9.17) is 5.11 Å². The van der Waals surface area contributed by atoms with Crippen molar-refractivity contribution in [2.24, 2.45) is 5.92 Å². The number of Topliss-reactive ketones (excluding diaryl/α,β-unsaturated/α-hetero) is 1. The fourth-order valence-electron chi connectivity index (χ4n) is 1.45. The Labute approximate surface area is 87.0 Å². The van der Waals surface area contributed by atoms with Gasteiger partial charge in [0, 0.05) is 12.8 Å². The number of ketones is 1. The topological polar surface area (TPSA) is 37.3 Å². The Morgan fingerprint density at radius 1 is 1.50 bits per heavy atom. The van der Waals surface area contributed by atoms with Gasteiger partial charge < -0.3 is 5.11 Å². The zero-order valence-electron chi connectivity index (χ0n) is 9.33. The third kappa shape index (κ3) is 7.99. The predicted molar refractivity (Wildman–Crippen MR) is 59.1 cm³/mol. The minimum absolute atomic E-state index is 0.284. The molecule has 0 saturated carbocycles. The summed E-state index contributed by atoms with van der Waals surface area (Å²) in [5.41, 5.74) is 0. The van der Waals surface area contributed by atoms with Crippen molar-refractivity contribution >= 4 is 5.78 Å². The molecule has 0 heterocycles. The molecule has 0 aromatic rings. The predicted octanol–water partition coefficient (Wildman–Crippen LogP) is 2.71. The van der Waals surface area contributed by atoms with Gasteiger partial charge in [-0.05, 0) is 32.1 Å². The summed E-state index contributed by atoms with van der Waals surface area (Å²) >= 11 is 0. The summed E-state index contributed by atoms with van der Waals surface area (Å²) in [6, 6.07) is 0. The van der Waals surface area contributed by atoms with E-state index in [0.29, 0.717) is 24.5 Å². The second-order valence-electron chi connectivity index (χ2n) is 4.11. The van der Waals surface area contributed by atoms with Gasteiger partial charge >= 0.3 is 0 Å². The number of hydrogen-bond acceptors (Lipinski definition) is 2. The van der Waals surface area contributed by atoms with Crippen LogP contribution in [0.15, 0.2) is 12.7 Å². The molecule has 0 aromatic carbocycles. The van der Waals surface area contributed by atoms with Crippen molar-refractivity contribution in [3.8, 4) is 0 Å². The molecule has 0 aliphatic carbocycles. The van der Waals surface area contributed by atoms with Crippen molar-refractivity contribution < 1.29 is 9.90 Å². The van der Waals surface area contributed by atoms with Crippen LogP contribution < -0.4 is 0 Å². The third-order valence-electron chi connectivity index (χ3n) is 2.22. The molecule has 0 aliphatic rings. The van der Waals surface area contributed by atoms with E-state index in [1.807, 2.05) is 6.08 Å². The lowest BCUT2D eigenvalue weighted by atomic mass is 9.98. The molecule has 2 nitrogen and oxygen atoms in total. The summed E-state index contributed by atoms with van der Waals surface area (Å²) in [4.78, 5) is 11.4. The van der Waals surface area contributed by atoms with Crippen LogP contribution >= 0.6 is 0 Å². The number of hydrogen-bond donors (Lipinski definition) is 1. The quantitative estimate of drug-likeness (QED) is 0.609. The first-order chi connectivity index (χ1) is 6.56. The van der Waals surface area contributed by atoms with E-state index in [0.717, 1.165) is 19.3 Å². The van der Waals surface area contributed by atoms with E-state index >= 15 is 0 Å². The lowest BCUT2D eigenvalue weighted by Gasteiger charge is -2.07. The summed E-state index contributed by atoms with van der Waals surface area (Å²) in [6.45, 7) is 7.47. The Morgan fingerprint density at radius 2 is 2.14 bits per heavy atom. The van der Waals surface area contributed by atoms with Crippen LogP contribution in [0.2, 0.25) is 0 Å². The molecular weight excluding hydrogens is 176 g/mol. The third-order valence-corrected chi connectivity index (χ3v) is 2.22. The first kappa shape index (κ1) is 13.4. The molecule has 2 heteroatoms. The largest absolute Gasteiger partial charge is 0.393 e. The van der Waals surface area contributed by atoms with Crippen molar-refractivity contribution in [2.45, 2.75) is 52.1 Å². The van der Waals surface area contributed by atoms with Crippen LogP contribution in [0, 0.1) is 5.92 Å². The SMILES string of the molecule is C=CC[C@@H](C)CC(=O)CCC[C@@H](C)O. The molecule has 82 valence electrons. The molecule has 0 fully saturated rings. The fourth-order valence-corrected chi connectivity index (χ4v) is 1.45. The zero-order chi connectivity index (χ0) is 11.0.